The van der Waals surface area contributed by atoms with E-state index in [1.54, 1.807) is 0 Å². The first-order chi connectivity index (χ1) is 10.2. The molecule has 3 aromatic rings. The number of hydrogen-bond acceptors (Lipinski definition) is 4. The molecule has 2 aromatic carbocycles. The molecule has 0 fully saturated rings. The zero-order valence-electron chi connectivity index (χ0n) is 12.0. The van der Waals surface area contributed by atoms with Gasteiger partial charge in [0.25, 0.3) is 6.01 Å². The number of oxazole rings is 1. The first-order valence-electron chi connectivity index (χ1n) is 7.18. The lowest BCUT2D eigenvalue weighted by Gasteiger charge is -2.11. The summed E-state index contributed by atoms with van der Waals surface area (Å²) in [6.07, 6.45) is 1.01. The molecule has 1 heterocycles. The molecule has 21 heavy (non-hydrogen) atoms. The van der Waals surface area contributed by atoms with E-state index in [2.05, 4.69) is 41.5 Å². The van der Waals surface area contributed by atoms with Crippen LogP contribution >= 0.6 is 0 Å². The smallest absolute Gasteiger partial charge is 0.295 e. The van der Waals surface area contributed by atoms with Crippen molar-refractivity contribution in [1.82, 2.24) is 4.98 Å². The van der Waals surface area contributed by atoms with Crippen LogP contribution in [0.5, 0.6) is 0 Å². The Bertz CT molecular complexity index is 721. The number of nitrogen functional groups attached to an aromatic ring is 1. The van der Waals surface area contributed by atoms with Gasteiger partial charge in [0.15, 0.2) is 5.58 Å². The second-order valence-corrected chi connectivity index (χ2v) is 5.24. The fourth-order valence-corrected chi connectivity index (χ4v) is 2.39. The van der Waals surface area contributed by atoms with E-state index in [0.29, 0.717) is 23.2 Å². The van der Waals surface area contributed by atoms with E-state index in [1.165, 1.54) is 5.56 Å². The van der Waals surface area contributed by atoms with E-state index in [4.69, 9.17) is 10.2 Å². The van der Waals surface area contributed by atoms with E-state index in [1.807, 2.05) is 24.3 Å². The highest BCUT2D eigenvalue weighted by Crippen LogP contribution is 2.24. The summed E-state index contributed by atoms with van der Waals surface area (Å²) in [5, 5.41) is 3.23. The molecule has 4 nitrogen and oxygen atoms in total. The van der Waals surface area contributed by atoms with Gasteiger partial charge in [0.1, 0.15) is 5.52 Å². The molecule has 4 heteroatoms. The van der Waals surface area contributed by atoms with Crippen LogP contribution in [0.25, 0.3) is 11.1 Å². The summed E-state index contributed by atoms with van der Waals surface area (Å²) in [6.45, 7) is 3.03. The van der Waals surface area contributed by atoms with E-state index >= 15 is 0 Å². The Morgan fingerprint density at radius 3 is 2.71 bits per heavy atom. The molecule has 1 aromatic heterocycles. The Morgan fingerprint density at radius 1 is 1.14 bits per heavy atom. The van der Waals surface area contributed by atoms with Crippen molar-refractivity contribution in [1.29, 1.82) is 0 Å². The molecular weight excluding hydrogens is 262 g/mol. The summed E-state index contributed by atoms with van der Waals surface area (Å²) in [5.41, 5.74) is 9.30. The molecule has 0 aliphatic heterocycles. The van der Waals surface area contributed by atoms with Crippen LogP contribution in [-0.2, 0) is 0 Å². The highest BCUT2D eigenvalue weighted by molar-refractivity contribution is 5.86. The summed E-state index contributed by atoms with van der Waals surface area (Å²) in [7, 11) is 0. The van der Waals surface area contributed by atoms with Crippen LogP contribution in [0.2, 0.25) is 0 Å². The van der Waals surface area contributed by atoms with Crippen molar-refractivity contribution in [3.05, 3.63) is 54.1 Å². The molecule has 1 atom stereocenters. The van der Waals surface area contributed by atoms with Gasteiger partial charge in [0.2, 0.25) is 0 Å². The van der Waals surface area contributed by atoms with E-state index in [0.717, 1.165) is 18.5 Å². The van der Waals surface area contributed by atoms with Crippen LogP contribution in [0.3, 0.4) is 0 Å². The Balaban J connectivity index is 1.61. The normalized spacial score (nSPS) is 12.4. The Labute approximate surface area is 124 Å². The SMILES string of the molecule is CC(CCNc1nc2c(N)cccc2o1)c1ccccc1. The number of rotatable bonds is 5. The van der Waals surface area contributed by atoms with Crippen LogP contribution < -0.4 is 11.1 Å². The van der Waals surface area contributed by atoms with Gasteiger partial charge in [-0.05, 0) is 30.0 Å². The lowest BCUT2D eigenvalue weighted by Crippen LogP contribution is -2.06. The summed E-state index contributed by atoms with van der Waals surface area (Å²) >= 11 is 0. The molecule has 0 aliphatic rings. The van der Waals surface area contributed by atoms with E-state index < -0.39 is 0 Å². The summed E-state index contributed by atoms with van der Waals surface area (Å²) < 4.78 is 5.63. The predicted octanol–water partition coefficient (Wildman–Crippen LogP) is 4.02. The number of hydrogen-bond donors (Lipinski definition) is 2. The maximum absolute atomic E-state index is 5.87. The van der Waals surface area contributed by atoms with Crippen molar-refractivity contribution in [2.75, 3.05) is 17.6 Å². The van der Waals surface area contributed by atoms with Crippen molar-refractivity contribution < 1.29 is 4.42 Å². The molecule has 0 radical (unpaired) electrons. The third kappa shape index (κ3) is 2.99. The minimum atomic E-state index is 0.494. The van der Waals surface area contributed by atoms with Gasteiger partial charge in [0, 0.05) is 6.54 Å². The number of fused-ring (bicyclic) bond motifs is 1. The molecule has 3 N–H and O–H groups in total. The zero-order valence-corrected chi connectivity index (χ0v) is 12.0. The van der Waals surface area contributed by atoms with Gasteiger partial charge >= 0.3 is 0 Å². The average molecular weight is 281 g/mol. The third-order valence-electron chi connectivity index (χ3n) is 3.67. The van der Waals surface area contributed by atoms with Crippen LogP contribution in [0, 0.1) is 0 Å². The molecule has 0 aliphatic carbocycles. The Kier molecular flexibility index (Phi) is 3.77. The molecular formula is C17H19N3O. The molecule has 0 saturated heterocycles. The van der Waals surface area contributed by atoms with Crippen LogP contribution in [0.4, 0.5) is 11.7 Å². The first kappa shape index (κ1) is 13.5. The molecule has 108 valence electrons. The van der Waals surface area contributed by atoms with Gasteiger partial charge in [-0.1, -0.05) is 43.3 Å². The van der Waals surface area contributed by atoms with Crippen molar-refractivity contribution in [2.24, 2.45) is 0 Å². The highest BCUT2D eigenvalue weighted by Gasteiger charge is 2.09. The average Bonchev–Trinajstić information content (AvgIpc) is 2.92. The lowest BCUT2D eigenvalue weighted by molar-refractivity contribution is 0.605. The maximum atomic E-state index is 5.87. The lowest BCUT2D eigenvalue weighted by atomic mass is 9.98. The fourth-order valence-electron chi connectivity index (χ4n) is 2.39. The van der Waals surface area contributed by atoms with Crippen molar-refractivity contribution in [2.45, 2.75) is 19.3 Å². The third-order valence-corrected chi connectivity index (χ3v) is 3.67. The van der Waals surface area contributed by atoms with Crippen LogP contribution in [0.1, 0.15) is 24.8 Å². The Morgan fingerprint density at radius 2 is 1.95 bits per heavy atom. The number of nitrogens with zero attached hydrogens (tertiary/aromatic N) is 1. The minimum absolute atomic E-state index is 0.494. The van der Waals surface area contributed by atoms with Crippen molar-refractivity contribution in [3.63, 3.8) is 0 Å². The number of nitrogens with two attached hydrogens (primary N) is 1. The number of nitrogens with one attached hydrogen (secondary N) is 1. The predicted molar refractivity (Wildman–Crippen MR) is 86.4 cm³/mol. The van der Waals surface area contributed by atoms with Gasteiger partial charge in [0.05, 0.1) is 5.69 Å². The Hall–Kier alpha value is -2.49. The standard InChI is InChI=1S/C17H19N3O/c1-12(13-6-3-2-4-7-13)10-11-19-17-20-16-14(18)8-5-9-15(16)21-17/h2-9,12H,10-11,18H2,1H3,(H,19,20). The molecule has 1 unspecified atom stereocenters. The van der Waals surface area contributed by atoms with Gasteiger partial charge in [-0.3, -0.25) is 0 Å². The zero-order chi connectivity index (χ0) is 14.7. The van der Waals surface area contributed by atoms with Crippen LogP contribution in [-0.4, -0.2) is 11.5 Å². The number of aromatic nitrogens is 1. The van der Waals surface area contributed by atoms with Crippen LogP contribution in [0.15, 0.2) is 52.9 Å². The summed E-state index contributed by atoms with van der Waals surface area (Å²) in [6, 6.07) is 16.6. The maximum Gasteiger partial charge on any atom is 0.295 e. The number of para-hydroxylation sites is 1. The van der Waals surface area contributed by atoms with Gasteiger partial charge in [-0.15, -0.1) is 0 Å². The second kappa shape index (κ2) is 5.87. The second-order valence-electron chi connectivity index (χ2n) is 5.24. The van der Waals surface area contributed by atoms with E-state index in [9.17, 15) is 0 Å². The highest BCUT2D eigenvalue weighted by atomic mass is 16.4. The number of anilines is 2. The molecule has 0 saturated carbocycles. The quantitative estimate of drug-likeness (QED) is 0.693. The largest absolute Gasteiger partial charge is 0.423 e. The molecule has 0 amide bonds. The monoisotopic (exact) mass is 281 g/mol. The van der Waals surface area contributed by atoms with Crippen molar-refractivity contribution >= 4 is 22.8 Å². The number of benzene rings is 2. The summed E-state index contributed by atoms with van der Waals surface area (Å²) in [4.78, 5) is 4.38. The fraction of sp³-hybridized carbons (Fsp3) is 0.235. The molecule has 3 rings (SSSR count). The summed E-state index contributed by atoms with van der Waals surface area (Å²) in [5.74, 6) is 0.494. The van der Waals surface area contributed by atoms with E-state index in [-0.39, 0.29) is 0 Å². The topological polar surface area (TPSA) is 64.1 Å². The molecule has 0 spiro atoms. The first-order valence-corrected chi connectivity index (χ1v) is 7.18. The van der Waals surface area contributed by atoms with Gasteiger partial charge in [-0.2, -0.15) is 4.98 Å². The van der Waals surface area contributed by atoms with Gasteiger partial charge in [-0.25, -0.2) is 0 Å². The van der Waals surface area contributed by atoms with Crippen molar-refractivity contribution in [3.8, 4) is 0 Å². The molecule has 0 bridgehead atoms. The van der Waals surface area contributed by atoms with Gasteiger partial charge < -0.3 is 15.5 Å². The minimum Gasteiger partial charge on any atom is -0.423 e.